The zero-order valence-electron chi connectivity index (χ0n) is 13.4. The normalized spacial score (nSPS) is 15.0. The van der Waals surface area contributed by atoms with E-state index in [1.165, 1.54) is 12.7 Å². The molecule has 0 unspecified atom stereocenters. The summed E-state index contributed by atoms with van der Waals surface area (Å²) in [6.45, 7) is 0. The molecule has 0 aromatic heterocycles. The van der Waals surface area contributed by atoms with Crippen molar-refractivity contribution in [3.8, 4) is 11.1 Å². The molecule has 1 aliphatic carbocycles. The molecule has 0 bridgehead atoms. The van der Waals surface area contributed by atoms with E-state index in [0.29, 0.717) is 0 Å². The van der Waals surface area contributed by atoms with E-state index in [9.17, 15) is 9.59 Å². The highest BCUT2D eigenvalue weighted by Gasteiger charge is 2.16. The lowest BCUT2D eigenvalue weighted by molar-refractivity contribution is -0.134. The maximum atomic E-state index is 11.6. The van der Waals surface area contributed by atoms with E-state index < -0.39 is 5.97 Å². The predicted octanol–water partition coefficient (Wildman–Crippen LogP) is 3.94. The van der Waals surface area contributed by atoms with Gasteiger partial charge in [-0.25, -0.2) is 9.59 Å². The van der Waals surface area contributed by atoms with Crippen LogP contribution in [0.1, 0.15) is 34.3 Å². The zero-order valence-corrected chi connectivity index (χ0v) is 13.4. The fraction of sp³-hybridized carbons (Fsp3) is 0.200. The Labute approximate surface area is 140 Å². The summed E-state index contributed by atoms with van der Waals surface area (Å²) < 4.78 is 4.74. The number of benzene rings is 2. The predicted molar refractivity (Wildman–Crippen MR) is 91.8 cm³/mol. The van der Waals surface area contributed by atoms with E-state index in [1.54, 1.807) is 24.3 Å². The lowest BCUT2D eigenvalue weighted by Crippen LogP contribution is -2.05. The first-order valence-corrected chi connectivity index (χ1v) is 7.84. The summed E-state index contributed by atoms with van der Waals surface area (Å²) in [6, 6.07) is 13.0. The second kappa shape index (κ2) is 6.71. The minimum absolute atomic E-state index is 0.260. The molecule has 0 spiro atoms. The Morgan fingerprint density at radius 1 is 1.08 bits per heavy atom. The summed E-state index contributed by atoms with van der Waals surface area (Å²) in [7, 11) is 1.37. The first-order chi connectivity index (χ1) is 11.6. The lowest BCUT2D eigenvalue weighted by atomic mass is 9.85. The maximum Gasteiger partial charge on any atom is 0.335 e. The molecule has 0 saturated heterocycles. The van der Waals surface area contributed by atoms with Crippen LogP contribution in [0.25, 0.3) is 16.7 Å². The van der Waals surface area contributed by atoms with Gasteiger partial charge in [-0.2, -0.15) is 0 Å². The van der Waals surface area contributed by atoms with E-state index in [2.05, 4.69) is 6.07 Å². The summed E-state index contributed by atoms with van der Waals surface area (Å²) in [5, 5.41) is 9.16. The van der Waals surface area contributed by atoms with Crippen LogP contribution in [-0.2, 0) is 16.0 Å². The van der Waals surface area contributed by atoms with Crippen molar-refractivity contribution in [2.75, 3.05) is 7.11 Å². The number of aryl methyl sites for hydroxylation is 1. The van der Waals surface area contributed by atoms with Crippen molar-refractivity contribution in [1.29, 1.82) is 0 Å². The fourth-order valence-corrected chi connectivity index (χ4v) is 3.06. The third-order valence-corrected chi connectivity index (χ3v) is 4.28. The Hall–Kier alpha value is -2.88. The maximum absolute atomic E-state index is 11.6. The Balaban J connectivity index is 2.05. The van der Waals surface area contributed by atoms with Crippen LogP contribution in [-0.4, -0.2) is 24.2 Å². The molecular formula is C20H18O4. The summed E-state index contributed by atoms with van der Waals surface area (Å²) in [4.78, 5) is 22.8. The third-order valence-electron chi connectivity index (χ3n) is 4.28. The van der Waals surface area contributed by atoms with E-state index in [-0.39, 0.29) is 11.5 Å². The van der Waals surface area contributed by atoms with Crippen LogP contribution in [0.4, 0.5) is 0 Å². The molecule has 0 aliphatic heterocycles. The number of methoxy groups -OCH3 is 1. The molecule has 3 rings (SSSR count). The summed E-state index contributed by atoms with van der Waals surface area (Å²) in [6.07, 6.45) is 4.36. The molecule has 0 atom stereocenters. The molecule has 4 nitrogen and oxygen atoms in total. The van der Waals surface area contributed by atoms with Gasteiger partial charge in [-0.1, -0.05) is 24.3 Å². The molecule has 0 heterocycles. The molecule has 0 fully saturated rings. The van der Waals surface area contributed by atoms with Crippen LogP contribution in [0.2, 0.25) is 0 Å². The number of rotatable bonds is 3. The molecular weight excluding hydrogens is 304 g/mol. The van der Waals surface area contributed by atoms with Gasteiger partial charge in [0.1, 0.15) is 0 Å². The number of allylic oxidation sites excluding steroid dienone is 1. The smallest absolute Gasteiger partial charge is 0.335 e. The van der Waals surface area contributed by atoms with Crippen molar-refractivity contribution < 1.29 is 19.4 Å². The van der Waals surface area contributed by atoms with Gasteiger partial charge in [0.25, 0.3) is 0 Å². The van der Waals surface area contributed by atoms with Gasteiger partial charge in [-0.05, 0) is 65.3 Å². The molecule has 24 heavy (non-hydrogen) atoms. The first kappa shape index (κ1) is 16.0. The molecule has 1 N–H and O–H groups in total. The number of carboxylic acid groups (broad SMARTS) is 1. The van der Waals surface area contributed by atoms with Crippen molar-refractivity contribution in [3.05, 3.63) is 65.2 Å². The van der Waals surface area contributed by atoms with Gasteiger partial charge in [-0.15, -0.1) is 0 Å². The number of carbonyl (C=O) groups is 2. The average molecular weight is 322 g/mol. The Kier molecular flexibility index (Phi) is 4.47. The lowest BCUT2D eigenvalue weighted by Gasteiger charge is -2.20. The number of esters is 1. The van der Waals surface area contributed by atoms with E-state index >= 15 is 0 Å². The summed E-state index contributed by atoms with van der Waals surface area (Å²) in [5.41, 5.74) is 5.27. The van der Waals surface area contributed by atoms with Crippen molar-refractivity contribution >= 4 is 17.5 Å². The highest BCUT2D eigenvalue weighted by molar-refractivity contribution is 5.93. The summed E-state index contributed by atoms with van der Waals surface area (Å²) >= 11 is 0. The number of ether oxygens (including phenoxy) is 1. The van der Waals surface area contributed by atoms with Gasteiger partial charge >= 0.3 is 11.9 Å². The van der Waals surface area contributed by atoms with Crippen LogP contribution < -0.4 is 0 Å². The minimum atomic E-state index is -0.943. The molecule has 4 heteroatoms. The number of hydrogen-bond donors (Lipinski definition) is 1. The molecule has 0 amide bonds. The highest BCUT2D eigenvalue weighted by atomic mass is 16.5. The molecule has 0 saturated carbocycles. The second-order valence-electron chi connectivity index (χ2n) is 5.80. The Morgan fingerprint density at radius 2 is 1.88 bits per heavy atom. The van der Waals surface area contributed by atoms with Crippen LogP contribution in [0.15, 0.2) is 48.5 Å². The third kappa shape index (κ3) is 3.23. The van der Waals surface area contributed by atoms with E-state index in [0.717, 1.165) is 41.5 Å². The molecule has 2 aromatic carbocycles. The zero-order chi connectivity index (χ0) is 17.1. The van der Waals surface area contributed by atoms with Crippen molar-refractivity contribution in [2.24, 2.45) is 0 Å². The second-order valence-corrected chi connectivity index (χ2v) is 5.80. The number of hydrogen-bond acceptors (Lipinski definition) is 3. The monoisotopic (exact) mass is 322 g/mol. The SMILES string of the molecule is COC(=O)/C=C1\CCCc2ccc(-c3cccc(C(=O)O)c3)cc21. The molecule has 2 aromatic rings. The highest BCUT2D eigenvalue weighted by Crippen LogP contribution is 2.34. The first-order valence-electron chi connectivity index (χ1n) is 7.84. The van der Waals surface area contributed by atoms with E-state index in [4.69, 9.17) is 9.84 Å². The van der Waals surface area contributed by atoms with Gasteiger partial charge < -0.3 is 9.84 Å². The van der Waals surface area contributed by atoms with E-state index in [1.807, 2.05) is 18.2 Å². The van der Waals surface area contributed by atoms with Crippen LogP contribution in [0.5, 0.6) is 0 Å². The van der Waals surface area contributed by atoms with Crippen LogP contribution >= 0.6 is 0 Å². The van der Waals surface area contributed by atoms with Gasteiger partial charge in [0.05, 0.1) is 12.7 Å². The number of carbonyl (C=O) groups excluding carboxylic acids is 1. The topological polar surface area (TPSA) is 63.6 Å². The number of carboxylic acids is 1. The summed E-state index contributed by atoms with van der Waals surface area (Å²) in [5.74, 6) is -1.29. The molecule has 122 valence electrons. The average Bonchev–Trinajstić information content (AvgIpc) is 2.61. The molecule has 0 radical (unpaired) electrons. The molecule has 1 aliphatic rings. The van der Waals surface area contributed by atoms with Crippen molar-refractivity contribution in [1.82, 2.24) is 0 Å². The standard InChI is InChI=1S/C20H18O4/c1-24-19(21)12-16-6-2-4-13-8-9-15(11-18(13)16)14-5-3-7-17(10-14)20(22)23/h3,5,7-12H,2,4,6H2,1H3,(H,22,23)/b16-12+. The van der Waals surface area contributed by atoms with Crippen molar-refractivity contribution in [3.63, 3.8) is 0 Å². The van der Waals surface area contributed by atoms with Crippen molar-refractivity contribution in [2.45, 2.75) is 19.3 Å². The Bertz CT molecular complexity index is 833. The number of fused-ring (bicyclic) bond motifs is 1. The fourth-order valence-electron chi connectivity index (χ4n) is 3.06. The van der Waals surface area contributed by atoms with Gasteiger partial charge in [0.15, 0.2) is 0 Å². The minimum Gasteiger partial charge on any atom is -0.478 e. The number of aromatic carboxylic acids is 1. The van der Waals surface area contributed by atoms with Gasteiger partial charge in [0.2, 0.25) is 0 Å². The quantitative estimate of drug-likeness (QED) is 0.686. The van der Waals surface area contributed by atoms with Gasteiger partial charge in [-0.3, -0.25) is 0 Å². The largest absolute Gasteiger partial charge is 0.478 e. The Morgan fingerprint density at radius 3 is 2.62 bits per heavy atom. The van der Waals surface area contributed by atoms with Gasteiger partial charge in [0, 0.05) is 6.08 Å². The van der Waals surface area contributed by atoms with Crippen LogP contribution in [0.3, 0.4) is 0 Å². The van der Waals surface area contributed by atoms with Crippen LogP contribution in [0, 0.1) is 0 Å².